The number of hydrogen-bond acceptors (Lipinski definition) is 7. The van der Waals surface area contributed by atoms with Crippen molar-refractivity contribution < 1.29 is 27.4 Å². The number of halogens is 3. The van der Waals surface area contributed by atoms with Crippen LogP contribution >= 0.6 is 0 Å². The zero-order valence-electron chi connectivity index (χ0n) is 23.1. The smallest absolute Gasteiger partial charge is 0.416 e. The Balaban J connectivity index is 1.44. The van der Waals surface area contributed by atoms with Gasteiger partial charge in [-0.05, 0) is 68.5 Å². The molecule has 3 aliphatic rings. The second-order valence-corrected chi connectivity index (χ2v) is 11.1. The molecule has 3 aromatic rings. The molecule has 0 radical (unpaired) electrons. The predicted octanol–water partition coefficient (Wildman–Crippen LogP) is 5.71. The van der Waals surface area contributed by atoms with Crippen LogP contribution in [0.2, 0.25) is 0 Å². The van der Waals surface area contributed by atoms with Crippen LogP contribution in [0.4, 0.5) is 30.2 Å². The zero-order chi connectivity index (χ0) is 29.3. The fraction of sp³-hybridized carbons (Fsp3) is 0.452. The molecule has 6 rings (SSSR count). The topological polar surface area (TPSA) is 99.5 Å². The number of amides is 1. The first kappa shape index (κ1) is 28.2. The second-order valence-electron chi connectivity index (χ2n) is 11.1. The van der Waals surface area contributed by atoms with E-state index in [2.05, 4.69) is 21.7 Å². The number of piperidine rings is 1. The summed E-state index contributed by atoms with van der Waals surface area (Å²) in [7, 11) is 0. The van der Waals surface area contributed by atoms with E-state index in [9.17, 15) is 23.2 Å². The maximum absolute atomic E-state index is 13.7. The maximum Gasteiger partial charge on any atom is 0.416 e. The summed E-state index contributed by atoms with van der Waals surface area (Å²) in [4.78, 5) is 19.5. The molecule has 2 N–H and O–H groups in total. The third-order valence-electron chi connectivity index (χ3n) is 8.25. The summed E-state index contributed by atoms with van der Waals surface area (Å²) in [5.74, 6) is 0.575. The first-order valence-corrected chi connectivity index (χ1v) is 14.4. The number of nitrogens with one attached hydrogen (secondary N) is 2. The third-order valence-corrected chi connectivity index (χ3v) is 8.25. The van der Waals surface area contributed by atoms with Gasteiger partial charge in [0.05, 0.1) is 41.2 Å². The SMILES string of the molecule is N#Cc1cnc2cc(OC3CCOC3)c(NC(=O)CC3CCNCC3)cc2c1N1CCCc2ccc(C(F)(F)F)cc21. The van der Waals surface area contributed by atoms with Gasteiger partial charge in [-0.2, -0.15) is 18.4 Å². The minimum atomic E-state index is -4.50. The molecule has 8 nitrogen and oxygen atoms in total. The first-order chi connectivity index (χ1) is 20.3. The molecule has 1 aromatic heterocycles. The van der Waals surface area contributed by atoms with Gasteiger partial charge in [0.15, 0.2) is 0 Å². The average Bonchev–Trinajstić information content (AvgIpc) is 3.49. The van der Waals surface area contributed by atoms with Crippen LogP contribution in [0.3, 0.4) is 0 Å². The Kier molecular flexibility index (Phi) is 7.92. The van der Waals surface area contributed by atoms with Crippen LogP contribution in [0, 0.1) is 17.2 Å². The number of carbonyl (C=O) groups excluding carboxylic acids is 1. The Labute approximate surface area is 241 Å². The fourth-order valence-electron chi connectivity index (χ4n) is 6.09. The average molecular weight is 580 g/mol. The van der Waals surface area contributed by atoms with Crippen LogP contribution in [-0.2, 0) is 22.1 Å². The molecule has 3 aliphatic heterocycles. The van der Waals surface area contributed by atoms with Gasteiger partial charge >= 0.3 is 6.18 Å². The fourth-order valence-corrected chi connectivity index (χ4v) is 6.09. The zero-order valence-corrected chi connectivity index (χ0v) is 23.1. The quantitative estimate of drug-likeness (QED) is 0.386. The van der Waals surface area contributed by atoms with Crippen molar-refractivity contribution in [3.8, 4) is 11.8 Å². The van der Waals surface area contributed by atoms with Crippen molar-refractivity contribution in [2.75, 3.05) is 43.1 Å². The molecule has 2 fully saturated rings. The van der Waals surface area contributed by atoms with Gasteiger partial charge in [0.1, 0.15) is 17.9 Å². The molecule has 0 spiro atoms. The van der Waals surface area contributed by atoms with Gasteiger partial charge in [-0.25, -0.2) is 0 Å². The number of anilines is 3. The van der Waals surface area contributed by atoms with Gasteiger partial charge in [0, 0.05) is 42.7 Å². The normalized spacial score (nSPS) is 19.4. The summed E-state index contributed by atoms with van der Waals surface area (Å²) < 4.78 is 52.8. The van der Waals surface area contributed by atoms with Crippen LogP contribution in [0.15, 0.2) is 36.5 Å². The van der Waals surface area contributed by atoms with Crippen molar-refractivity contribution in [1.82, 2.24) is 10.3 Å². The van der Waals surface area contributed by atoms with Crippen LogP contribution in [0.5, 0.6) is 5.75 Å². The van der Waals surface area contributed by atoms with E-state index in [-0.39, 0.29) is 23.5 Å². The van der Waals surface area contributed by atoms with E-state index in [1.54, 1.807) is 17.0 Å². The van der Waals surface area contributed by atoms with E-state index < -0.39 is 11.7 Å². The minimum Gasteiger partial charge on any atom is -0.486 e. The van der Waals surface area contributed by atoms with Crippen molar-refractivity contribution in [2.45, 2.75) is 50.8 Å². The molecule has 1 unspecified atom stereocenters. The lowest BCUT2D eigenvalue weighted by atomic mass is 9.94. The lowest BCUT2D eigenvalue weighted by Crippen LogP contribution is -2.30. The summed E-state index contributed by atoms with van der Waals surface area (Å²) in [6.07, 6.45) is 1.01. The molecule has 0 bridgehead atoms. The van der Waals surface area contributed by atoms with E-state index >= 15 is 0 Å². The van der Waals surface area contributed by atoms with Gasteiger partial charge < -0.3 is 25.0 Å². The molecular formula is C31H32F3N5O3. The van der Waals surface area contributed by atoms with Crippen molar-refractivity contribution in [2.24, 2.45) is 5.92 Å². The summed E-state index contributed by atoms with van der Waals surface area (Å²) in [5.41, 5.74) is 2.09. The molecule has 0 saturated carbocycles. The first-order valence-electron chi connectivity index (χ1n) is 14.4. The van der Waals surface area contributed by atoms with Crippen molar-refractivity contribution in [3.63, 3.8) is 0 Å². The number of fused-ring (bicyclic) bond motifs is 2. The highest BCUT2D eigenvalue weighted by atomic mass is 19.4. The van der Waals surface area contributed by atoms with Crippen LogP contribution < -0.4 is 20.3 Å². The lowest BCUT2D eigenvalue weighted by molar-refractivity contribution is -0.137. The van der Waals surface area contributed by atoms with E-state index in [1.807, 2.05) is 0 Å². The molecule has 4 heterocycles. The summed E-state index contributed by atoms with van der Waals surface area (Å²) in [5, 5.41) is 17.0. The molecule has 0 aliphatic carbocycles. The van der Waals surface area contributed by atoms with E-state index in [4.69, 9.17) is 9.47 Å². The number of hydrogen-bond donors (Lipinski definition) is 2. The number of benzene rings is 2. The number of aromatic nitrogens is 1. The van der Waals surface area contributed by atoms with Gasteiger partial charge in [-0.15, -0.1) is 0 Å². The van der Waals surface area contributed by atoms with E-state index in [0.717, 1.165) is 43.6 Å². The molecule has 2 saturated heterocycles. The Hall–Kier alpha value is -3.88. The van der Waals surface area contributed by atoms with Gasteiger partial charge in [0.2, 0.25) is 5.91 Å². The molecule has 1 amide bonds. The molecule has 220 valence electrons. The van der Waals surface area contributed by atoms with Crippen molar-refractivity contribution in [3.05, 3.63) is 53.2 Å². The van der Waals surface area contributed by atoms with Crippen LogP contribution in [0.25, 0.3) is 10.9 Å². The number of alkyl halides is 3. The minimum absolute atomic E-state index is 0.141. The number of pyridine rings is 1. The maximum atomic E-state index is 13.7. The van der Waals surface area contributed by atoms with Crippen LogP contribution in [-0.4, -0.2) is 49.8 Å². The highest BCUT2D eigenvalue weighted by Crippen LogP contribution is 2.44. The Bertz CT molecular complexity index is 1520. The summed E-state index contributed by atoms with van der Waals surface area (Å²) >= 11 is 0. The largest absolute Gasteiger partial charge is 0.486 e. The van der Waals surface area contributed by atoms with Crippen molar-refractivity contribution >= 4 is 33.9 Å². The molecule has 42 heavy (non-hydrogen) atoms. The second kappa shape index (κ2) is 11.8. The lowest BCUT2D eigenvalue weighted by Gasteiger charge is -2.33. The monoisotopic (exact) mass is 579 g/mol. The number of nitriles is 1. The van der Waals surface area contributed by atoms with Crippen LogP contribution in [0.1, 0.15) is 48.8 Å². The number of nitrogens with zero attached hydrogens (tertiary/aromatic N) is 3. The molecule has 1 atom stereocenters. The summed E-state index contributed by atoms with van der Waals surface area (Å²) in [6.45, 7) is 3.19. The Morgan fingerprint density at radius 1 is 1.21 bits per heavy atom. The number of ether oxygens (including phenoxy) is 2. The Morgan fingerprint density at radius 2 is 2.05 bits per heavy atom. The number of aryl methyl sites for hydroxylation is 1. The van der Waals surface area contributed by atoms with E-state index in [1.165, 1.54) is 12.3 Å². The standard InChI is InChI=1S/C31H32F3N5O3/c32-31(33,34)22-4-3-20-2-1-10-39(27(20)13-22)30-21(16-35)17-37-25-15-28(42-23-7-11-41-18-23)26(14-24(25)30)38-29(40)12-19-5-8-36-9-6-19/h3-4,13-15,17,19,23,36H,1-2,5-12,18H2,(H,38,40). The summed E-state index contributed by atoms with van der Waals surface area (Å²) in [6, 6.07) is 9.43. The molecular weight excluding hydrogens is 547 g/mol. The van der Waals surface area contributed by atoms with Crippen molar-refractivity contribution in [1.29, 1.82) is 5.26 Å². The Morgan fingerprint density at radius 3 is 2.79 bits per heavy atom. The molecule has 11 heteroatoms. The predicted molar refractivity (Wildman–Crippen MR) is 152 cm³/mol. The number of carbonyl (C=O) groups is 1. The molecule has 2 aromatic carbocycles. The van der Waals surface area contributed by atoms with E-state index in [0.29, 0.717) is 79.2 Å². The highest BCUT2D eigenvalue weighted by Gasteiger charge is 2.33. The third kappa shape index (κ3) is 5.87. The van der Waals surface area contributed by atoms with Gasteiger partial charge in [-0.1, -0.05) is 6.07 Å². The van der Waals surface area contributed by atoms with Gasteiger partial charge in [0.25, 0.3) is 0 Å². The number of rotatable bonds is 6. The van der Waals surface area contributed by atoms with Gasteiger partial charge in [-0.3, -0.25) is 9.78 Å². The highest BCUT2D eigenvalue weighted by molar-refractivity contribution is 6.02.